The lowest BCUT2D eigenvalue weighted by Crippen LogP contribution is -2.55. The summed E-state index contributed by atoms with van der Waals surface area (Å²) in [5.74, 6) is 0.283. The fraction of sp³-hybridized carbons (Fsp3) is 0.652. The van der Waals surface area contributed by atoms with Crippen molar-refractivity contribution in [1.82, 2.24) is 14.7 Å². The molecule has 0 unspecified atom stereocenters. The number of piperazine rings is 1. The second-order valence-electron chi connectivity index (χ2n) is 8.78. The number of rotatable bonds is 4. The second-order valence-corrected chi connectivity index (χ2v) is 8.78. The Balaban J connectivity index is 1.21. The highest BCUT2D eigenvalue weighted by molar-refractivity contribution is 5.76. The van der Waals surface area contributed by atoms with Crippen LogP contribution in [0.1, 0.15) is 48.8 Å². The van der Waals surface area contributed by atoms with E-state index in [1.165, 1.54) is 42.4 Å². The number of nitrogens with zero attached hydrogens (tertiary/aromatic N) is 3. The van der Waals surface area contributed by atoms with Gasteiger partial charge in [-0.05, 0) is 61.6 Å². The van der Waals surface area contributed by atoms with Gasteiger partial charge in [0, 0.05) is 51.7 Å². The van der Waals surface area contributed by atoms with Gasteiger partial charge >= 0.3 is 6.03 Å². The molecule has 0 spiro atoms. The number of fused-ring (bicyclic) bond motifs is 1. The number of primary amides is 1. The molecule has 1 aromatic carbocycles. The zero-order chi connectivity index (χ0) is 20.2. The van der Waals surface area contributed by atoms with Crippen molar-refractivity contribution in [2.75, 3.05) is 39.3 Å². The molecule has 29 heavy (non-hydrogen) atoms. The van der Waals surface area contributed by atoms with Crippen molar-refractivity contribution in [2.24, 2.45) is 5.73 Å². The fourth-order valence-electron chi connectivity index (χ4n) is 5.14. The monoisotopic (exact) mass is 398 g/mol. The van der Waals surface area contributed by atoms with Gasteiger partial charge in [-0.3, -0.25) is 9.69 Å². The highest BCUT2D eigenvalue weighted by Crippen LogP contribution is 2.23. The molecule has 2 saturated heterocycles. The summed E-state index contributed by atoms with van der Waals surface area (Å²) in [6, 6.07) is 7.03. The van der Waals surface area contributed by atoms with Crippen LogP contribution in [-0.4, -0.2) is 71.9 Å². The van der Waals surface area contributed by atoms with Crippen LogP contribution in [-0.2, 0) is 24.1 Å². The third kappa shape index (κ3) is 4.92. The average molecular weight is 399 g/mol. The Bertz CT molecular complexity index is 734. The summed E-state index contributed by atoms with van der Waals surface area (Å²) in [4.78, 5) is 30.3. The van der Waals surface area contributed by atoms with Gasteiger partial charge in [0.25, 0.3) is 0 Å². The smallest absolute Gasteiger partial charge is 0.314 e. The molecular weight excluding hydrogens is 364 g/mol. The lowest BCUT2D eigenvalue weighted by molar-refractivity contribution is -0.133. The maximum atomic E-state index is 12.7. The number of carbonyl (C=O) groups excluding carboxylic acids is 2. The highest BCUT2D eigenvalue weighted by atomic mass is 16.2. The van der Waals surface area contributed by atoms with E-state index in [1.54, 1.807) is 4.90 Å². The van der Waals surface area contributed by atoms with E-state index in [9.17, 15) is 9.59 Å². The summed E-state index contributed by atoms with van der Waals surface area (Å²) in [5.41, 5.74) is 9.68. The summed E-state index contributed by atoms with van der Waals surface area (Å²) in [5, 5.41) is 0. The quantitative estimate of drug-likeness (QED) is 0.845. The normalized spacial score (nSPS) is 21.1. The molecule has 1 aliphatic carbocycles. The molecule has 0 radical (unpaired) electrons. The molecule has 6 nitrogen and oxygen atoms in total. The highest BCUT2D eigenvalue weighted by Gasteiger charge is 2.29. The first kappa shape index (κ1) is 20.2. The Morgan fingerprint density at radius 1 is 0.897 bits per heavy atom. The number of carbonyl (C=O) groups is 2. The van der Waals surface area contributed by atoms with E-state index in [0.29, 0.717) is 12.5 Å². The molecule has 6 heteroatoms. The number of hydrogen-bond donors (Lipinski definition) is 1. The van der Waals surface area contributed by atoms with Crippen LogP contribution in [0.15, 0.2) is 18.2 Å². The second kappa shape index (κ2) is 9.16. The number of aryl methyl sites for hydroxylation is 3. The number of benzene rings is 1. The summed E-state index contributed by atoms with van der Waals surface area (Å²) in [7, 11) is 0. The number of likely N-dealkylation sites (tertiary alicyclic amines) is 1. The summed E-state index contributed by atoms with van der Waals surface area (Å²) in [6.45, 7) is 5.01. The molecule has 2 heterocycles. The van der Waals surface area contributed by atoms with Gasteiger partial charge in [-0.1, -0.05) is 18.2 Å². The van der Waals surface area contributed by atoms with Gasteiger partial charge in [-0.2, -0.15) is 0 Å². The fourth-order valence-corrected chi connectivity index (χ4v) is 5.14. The Kier molecular flexibility index (Phi) is 6.38. The van der Waals surface area contributed by atoms with E-state index >= 15 is 0 Å². The molecule has 2 fully saturated rings. The molecule has 158 valence electrons. The Hall–Kier alpha value is -2.08. The Morgan fingerprint density at radius 2 is 1.59 bits per heavy atom. The predicted octanol–water partition coefficient (Wildman–Crippen LogP) is 2.19. The van der Waals surface area contributed by atoms with Crippen molar-refractivity contribution in [3.63, 3.8) is 0 Å². The van der Waals surface area contributed by atoms with Crippen molar-refractivity contribution < 1.29 is 9.59 Å². The third-order valence-electron chi connectivity index (χ3n) is 7.00. The van der Waals surface area contributed by atoms with Gasteiger partial charge in [0.05, 0.1) is 0 Å². The van der Waals surface area contributed by atoms with E-state index in [0.717, 1.165) is 58.5 Å². The van der Waals surface area contributed by atoms with Crippen molar-refractivity contribution >= 4 is 11.9 Å². The van der Waals surface area contributed by atoms with Crippen LogP contribution in [0.2, 0.25) is 0 Å². The Labute approximate surface area is 174 Å². The van der Waals surface area contributed by atoms with Crippen LogP contribution in [0, 0.1) is 0 Å². The van der Waals surface area contributed by atoms with Crippen LogP contribution in [0.5, 0.6) is 0 Å². The minimum absolute atomic E-state index is 0.283. The zero-order valence-corrected chi connectivity index (χ0v) is 17.4. The van der Waals surface area contributed by atoms with Crippen LogP contribution >= 0.6 is 0 Å². The molecule has 0 saturated carbocycles. The number of amides is 3. The van der Waals surface area contributed by atoms with Gasteiger partial charge in [0.2, 0.25) is 5.91 Å². The van der Waals surface area contributed by atoms with Crippen LogP contribution in [0.4, 0.5) is 4.79 Å². The molecule has 1 aromatic rings. The first-order valence-corrected chi connectivity index (χ1v) is 11.3. The average Bonchev–Trinajstić information content (AvgIpc) is 2.77. The maximum absolute atomic E-state index is 12.7. The molecule has 2 aliphatic heterocycles. The first-order chi connectivity index (χ1) is 14.1. The minimum atomic E-state index is -0.308. The van der Waals surface area contributed by atoms with E-state index in [4.69, 9.17) is 5.73 Å². The SMILES string of the molecule is NC(=O)N1CCC(N2CCN(C(=O)CCc3ccc4c(c3)CCCC4)CC2)CC1. The van der Waals surface area contributed by atoms with Crippen LogP contribution < -0.4 is 5.73 Å². The Morgan fingerprint density at radius 3 is 2.28 bits per heavy atom. The molecule has 2 N–H and O–H groups in total. The van der Waals surface area contributed by atoms with Gasteiger partial charge < -0.3 is 15.5 Å². The van der Waals surface area contributed by atoms with Crippen LogP contribution in [0.25, 0.3) is 0 Å². The minimum Gasteiger partial charge on any atom is -0.351 e. The van der Waals surface area contributed by atoms with Crippen molar-refractivity contribution in [3.05, 3.63) is 34.9 Å². The van der Waals surface area contributed by atoms with E-state index in [1.807, 2.05) is 4.90 Å². The van der Waals surface area contributed by atoms with Crippen molar-refractivity contribution in [3.8, 4) is 0 Å². The van der Waals surface area contributed by atoms with Gasteiger partial charge in [-0.15, -0.1) is 0 Å². The van der Waals surface area contributed by atoms with E-state index in [-0.39, 0.29) is 11.9 Å². The van der Waals surface area contributed by atoms with Gasteiger partial charge in [0.1, 0.15) is 0 Å². The molecule has 4 rings (SSSR count). The largest absolute Gasteiger partial charge is 0.351 e. The number of hydrogen-bond acceptors (Lipinski definition) is 3. The van der Waals surface area contributed by atoms with Crippen molar-refractivity contribution in [2.45, 2.75) is 57.4 Å². The van der Waals surface area contributed by atoms with Gasteiger partial charge in [-0.25, -0.2) is 4.79 Å². The maximum Gasteiger partial charge on any atom is 0.314 e. The lowest BCUT2D eigenvalue weighted by Gasteiger charge is -2.42. The van der Waals surface area contributed by atoms with Crippen molar-refractivity contribution in [1.29, 1.82) is 0 Å². The number of urea groups is 1. The lowest BCUT2D eigenvalue weighted by atomic mass is 9.89. The van der Waals surface area contributed by atoms with Crippen LogP contribution in [0.3, 0.4) is 0 Å². The molecule has 3 amide bonds. The van der Waals surface area contributed by atoms with E-state index < -0.39 is 0 Å². The standard InChI is InChI=1S/C23H34N4O2/c24-23(29)27-11-9-21(10-12-27)25-13-15-26(16-14-25)22(28)8-6-18-5-7-19-3-1-2-4-20(19)17-18/h5,7,17,21H,1-4,6,8-16H2,(H2,24,29). The summed E-state index contributed by atoms with van der Waals surface area (Å²) in [6.07, 6.45) is 8.41. The summed E-state index contributed by atoms with van der Waals surface area (Å²) < 4.78 is 0. The predicted molar refractivity (Wildman–Crippen MR) is 114 cm³/mol. The van der Waals surface area contributed by atoms with E-state index in [2.05, 4.69) is 23.1 Å². The number of piperidine rings is 1. The number of nitrogens with two attached hydrogens (primary N) is 1. The summed E-state index contributed by atoms with van der Waals surface area (Å²) >= 11 is 0. The van der Waals surface area contributed by atoms with Gasteiger partial charge in [0.15, 0.2) is 0 Å². The topological polar surface area (TPSA) is 69.9 Å². The molecule has 0 atom stereocenters. The molecular formula is C23H34N4O2. The third-order valence-corrected chi connectivity index (χ3v) is 7.00. The zero-order valence-electron chi connectivity index (χ0n) is 17.4. The first-order valence-electron chi connectivity index (χ1n) is 11.3. The molecule has 0 aromatic heterocycles. The molecule has 3 aliphatic rings. The molecule has 0 bridgehead atoms.